The molecular formula is C58H107NO10. The van der Waals surface area contributed by atoms with E-state index in [0.717, 1.165) is 96.3 Å². The summed E-state index contributed by atoms with van der Waals surface area (Å²) < 4.78 is 16.6. The van der Waals surface area contributed by atoms with Gasteiger partial charge in [0.15, 0.2) is 6.29 Å². The van der Waals surface area contributed by atoms with Gasteiger partial charge in [0.25, 0.3) is 0 Å². The predicted molar refractivity (Wildman–Crippen MR) is 283 cm³/mol. The van der Waals surface area contributed by atoms with Crippen molar-refractivity contribution in [3.63, 3.8) is 0 Å². The van der Waals surface area contributed by atoms with E-state index >= 15 is 0 Å². The molecule has 1 fully saturated rings. The lowest BCUT2D eigenvalue weighted by Crippen LogP contribution is -2.60. The maximum Gasteiger partial charge on any atom is 0.305 e. The number of rotatable bonds is 49. The van der Waals surface area contributed by atoms with Gasteiger partial charge in [0.2, 0.25) is 5.91 Å². The number of amides is 1. The molecule has 1 rings (SSSR count). The maximum atomic E-state index is 13.0. The number of unbranched alkanes of at least 4 members (excludes halogenated alkanes) is 31. The highest BCUT2D eigenvalue weighted by molar-refractivity contribution is 5.76. The Hall–Kier alpha value is -2.12. The number of allylic oxidation sites excluding steroid dienone is 5. The van der Waals surface area contributed by atoms with Gasteiger partial charge in [0.1, 0.15) is 24.4 Å². The van der Waals surface area contributed by atoms with Crippen molar-refractivity contribution < 1.29 is 49.3 Å². The summed E-state index contributed by atoms with van der Waals surface area (Å²) in [5.74, 6) is -0.230. The van der Waals surface area contributed by atoms with Crippen LogP contribution >= 0.6 is 0 Å². The van der Waals surface area contributed by atoms with E-state index in [1.165, 1.54) is 135 Å². The summed E-state index contributed by atoms with van der Waals surface area (Å²) in [4.78, 5) is 25.0. The Morgan fingerprint density at radius 3 is 1.46 bits per heavy atom. The molecule has 0 saturated carbocycles. The van der Waals surface area contributed by atoms with Crippen LogP contribution in [-0.2, 0) is 23.8 Å². The predicted octanol–water partition coefficient (Wildman–Crippen LogP) is 12.7. The van der Waals surface area contributed by atoms with Gasteiger partial charge in [-0.3, -0.25) is 9.59 Å². The van der Waals surface area contributed by atoms with Crippen LogP contribution in [0.1, 0.15) is 258 Å². The molecule has 0 aromatic rings. The van der Waals surface area contributed by atoms with Crippen molar-refractivity contribution in [1.29, 1.82) is 0 Å². The van der Waals surface area contributed by atoms with Gasteiger partial charge < -0.3 is 45.1 Å². The number of hydrogen-bond acceptors (Lipinski definition) is 10. The minimum Gasteiger partial charge on any atom is -0.466 e. The first-order valence-corrected chi connectivity index (χ1v) is 28.8. The second kappa shape index (κ2) is 48.2. The van der Waals surface area contributed by atoms with Crippen LogP contribution in [0.25, 0.3) is 0 Å². The van der Waals surface area contributed by atoms with Crippen molar-refractivity contribution in [3.05, 3.63) is 36.5 Å². The molecule has 0 bridgehead atoms. The molecule has 1 saturated heterocycles. The minimum absolute atomic E-state index is 0.0299. The van der Waals surface area contributed by atoms with Crippen molar-refractivity contribution in [2.75, 3.05) is 19.8 Å². The van der Waals surface area contributed by atoms with E-state index in [4.69, 9.17) is 14.2 Å². The molecule has 7 unspecified atom stereocenters. The lowest BCUT2D eigenvalue weighted by Gasteiger charge is -2.40. The van der Waals surface area contributed by atoms with Gasteiger partial charge in [-0.05, 0) is 70.6 Å². The van der Waals surface area contributed by atoms with Gasteiger partial charge in [-0.25, -0.2) is 0 Å². The normalized spacial score (nSPS) is 19.6. The molecule has 0 aliphatic carbocycles. The lowest BCUT2D eigenvalue weighted by molar-refractivity contribution is -0.302. The number of carbonyl (C=O) groups excluding carboxylic acids is 2. The lowest BCUT2D eigenvalue weighted by atomic mass is 9.99. The second-order valence-electron chi connectivity index (χ2n) is 20.0. The number of esters is 1. The summed E-state index contributed by atoms with van der Waals surface area (Å²) in [6.07, 6.45) is 48.2. The van der Waals surface area contributed by atoms with Gasteiger partial charge in [0, 0.05) is 12.8 Å². The molecule has 1 heterocycles. The van der Waals surface area contributed by atoms with Gasteiger partial charge in [-0.15, -0.1) is 0 Å². The molecule has 7 atom stereocenters. The molecule has 0 aromatic carbocycles. The van der Waals surface area contributed by atoms with Crippen LogP contribution in [0.15, 0.2) is 36.5 Å². The zero-order chi connectivity index (χ0) is 50.3. The van der Waals surface area contributed by atoms with Crippen LogP contribution < -0.4 is 5.32 Å². The topological polar surface area (TPSA) is 175 Å². The molecule has 11 heteroatoms. The third-order valence-corrected chi connectivity index (χ3v) is 13.5. The SMILES string of the molecule is CCCCCCCCC/C=C/C(O)C(COC1OC(CO)C(O)C(O)C1O)NC(=O)CCCCCCCCC/C=C\C/C=C\CCCCCOC(=O)CCCCCCCCCCCCCCCCC. The van der Waals surface area contributed by atoms with E-state index in [9.17, 15) is 35.1 Å². The average Bonchev–Trinajstić information content (AvgIpc) is 3.34. The highest BCUT2D eigenvalue weighted by Gasteiger charge is 2.44. The summed E-state index contributed by atoms with van der Waals surface area (Å²) >= 11 is 0. The highest BCUT2D eigenvalue weighted by Crippen LogP contribution is 2.23. The van der Waals surface area contributed by atoms with Crippen LogP contribution in [0, 0.1) is 0 Å². The van der Waals surface area contributed by atoms with E-state index in [2.05, 4.69) is 43.5 Å². The molecule has 1 aliphatic rings. The number of hydrogen-bond donors (Lipinski definition) is 6. The van der Waals surface area contributed by atoms with Crippen molar-refractivity contribution in [3.8, 4) is 0 Å². The average molecular weight is 978 g/mol. The van der Waals surface area contributed by atoms with Crippen molar-refractivity contribution in [2.24, 2.45) is 0 Å². The fourth-order valence-electron chi connectivity index (χ4n) is 8.88. The molecule has 1 aliphatic heterocycles. The fourth-order valence-corrected chi connectivity index (χ4v) is 8.88. The Labute approximate surface area is 422 Å². The van der Waals surface area contributed by atoms with Crippen molar-refractivity contribution in [1.82, 2.24) is 5.32 Å². The Bertz CT molecular complexity index is 1240. The molecule has 1 amide bonds. The Morgan fingerprint density at radius 2 is 0.971 bits per heavy atom. The summed E-state index contributed by atoms with van der Waals surface area (Å²) in [6.45, 7) is 4.26. The Kier molecular flexibility index (Phi) is 45.3. The van der Waals surface area contributed by atoms with E-state index in [-0.39, 0.29) is 18.5 Å². The minimum atomic E-state index is -1.58. The largest absolute Gasteiger partial charge is 0.466 e. The van der Waals surface area contributed by atoms with E-state index < -0.39 is 49.5 Å². The summed E-state index contributed by atoms with van der Waals surface area (Å²) in [7, 11) is 0. The molecule has 0 aromatic heterocycles. The molecule has 6 N–H and O–H groups in total. The van der Waals surface area contributed by atoms with Crippen LogP contribution in [0.5, 0.6) is 0 Å². The van der Waals surface area contributed by atoms with E-state index in [1.807, 2.05) is 6.08 Å². The standard InChI is InChI=1S/C58H107NO10/c1-3-5-7-9-11-13-14-15-19-23-26-30-34-38-42-46-54(63)67-47-43-39-35-31-27-24-21-18-16-17-20-22-25-29-33-37-41-45-53(62)59-50(51(61)44-40-36-32-28-12-10-8-6-4-2)49-68-58-57(66)56(65)55(64)52(48-60)69-58/h16,18,24,27,40,44,50-52,55-58,60-61,64-66H,3-15,17,19-23,25-26,28-39,41-43,45-49H2,1-2H3,(H,59,62)/b18-16-,27-24-,44-40+. The van der Waals surface area contributed by atoms with E-state index in [0.29, 0.717) is 19.4 Å². The van der Waals surface area contributed by atoms with E-state index in [1.54, 1.807) is 6.08 Å². The summed E-state index contributed by atoms with van der Waals surface area (Å²) in [5.41, 5.74) is 0. The quantitative estimate of drug-likeness (QED) is 0.0196. The van der Waals surface area contributed by atoms with Crippen LogP contribution in [0.2, 0.25) is 0 Å². The Balaban J connectivity index is 2.08. The molecule has 69 heavy (non-hydrogen) atoms. The second-order valence-corrected chi connectivity index (χ2v) is 20.0. The zero-order valence-corrected chi connectivity index (χ0v) is 44.3. The smallest absolute Gasteiger partial charge is 0.305 e. The molecule has 0 spiro atoms. The number of aliphatic hydroxyl groups is 5. The third kappa shape index (κ3) is 38.2. The summed E-state index contributed by atoms with van der Waals surface area (Å²) in [5, 5.41) is 54.1. The monoisotopic (exact) mass is 978 g/mol. The first-order chi connectivity index (χ1) is 33.7. The molecular weight excluding hydrogens is 871 g/mol. The van der Waals surface area contributed by atoms with Crippen molar-refractivity contribution >= 4 is 11.9 Å². The maximum absolute atomic E-state index is 13.0. The number of nitrogens with one attached hydrogen (secondary N) is 1. The zero-order valence-electron chi connectivity index (χ0n) is 44.3. The first kappa shape index (κ1) is 64.9. The van der Waals surface area contributed by atoms with Gasteiger partial charge in [-0.1, -0.05) is 211 Å². The van der Waals surface area contributed by atoms with Crippen LogP contribution in [0.4, 0.5) is 0 Å². The van der Waals surface area contributed by atoms with Gasteiger partial charge in [0.05, 0.1) is 32.0 Å². The highest BCUT2D eigenvalue weighted by atomic mass is 16.7. The van der Waals surface area contributed by atoms with Crippen molar-refractivity contribution in [2.45, 2.75) is 301 Å². The summed E-state index contributed by atoms with van der Waals surface area (Å²) in [6, 6.07) is -0.820. The molecule has 0 radical (unpaired) electrons. The number of aliphatic hydroxyl groups excluding tert-OH is 5. The molecule has 11 nitrogen and oxygen atoms in total. The van der Waals surface area contributed by atoms with Gasteiger partial charge in [-0.2, -0.15) is 0 Å². The molecule has 404 valence electrons. The number of ether oxygens (including phenoxy) is 3. The fraction of sp³-hybridized carbons (Fsp3) is 0.862. The number of carbonyl (C=O) groups is 2. The van der Waals surface area contributed by atoms with Crippen LogP contribution in [0.3, 0.4) is 0 Å². The van der Waals surface area contributed by atoms with Gasteiger partial charge >= 0.3 is 5.97 Å². The Morgan fingerprint density at radius 1 is 0.536 bits per heavy atom. The van der Waals surface area contributed by atoms with Crippen LogP contribution in [-0.4, -0.2) is 100 Å². The third-order valence-electron chi connectivity index (χ3n) is 13.5. The first-order valence-electron chi connectivity index (χ1n) is 28.8.